The molecule has 0 aliphatic heterocycles. The monoisotopic (exact) mass is 348 g/mol. The van der Waals surface area contributed by atoms with E-state index in [0.29, 0.717) is 5.69 Å². The van der Waals surface area contributed by atoms with Crippen LogP contribution in [0.25, 0.3) is 0 Å². The zero-order valence-corrected chi connectivity index (χ0v) is 13.6. The van der Waals surface area contributed by atoms with Gasteiger partial charge in [-0.25, -0.2) is 5.01 Å². The number of sulfonamides is 1. The van der Waals surface area contributed by atoms with Crippen molar-refractivity contribution in [2.45, 2.75) is 11.3 Å². The molecule has 0 aliphatic carbocycles. The summed E-state index contributed by atoms with van der Waals surface area (Å²) in [7, 11) is -4.02. The summed E-state index contributed by atoms with van der Waals surface area (Å²) in [5.74, 6) is 0. The first kappa shape index (κ1) is 16.9. The number of nitrogens with zero attached hydrogens (tertiary/aromatic N) is 4. The van der Waals surface area contributed by atoms with E-state index in [1.54, 1.807) is 36.4 Å². The van der Waals surface area contributed by atoms with Crippen LogP contribution in [0.4, 0.5) is 5.69 Å². The molecular formula is C15H13ClN4O2S. The predicted octanol–water partition coefficient (Wildman–Crippen LogP) is 3.82. The van der Waals surface area contributed by atoms with Gasteiger partial charge < -0.3 is 0 Å². The molecule has 0 bridgehead atoms. The zero-order chi connectivity index (χ0) is 16.7. The fourth-order valence-corrected chi connectivity index (χ4v) is 3.04. The third kappa shape index (κ3) is 4.52. The smallest absolute Gasteiger partial charge is 0.245 e. The normalized spacial score (nSPS) is 11.3. The van der Waals surface area contributed by atoms with Gasteiger partial charge in [0.1, 0.15) is 4.90 Å². The van der Waals surface area contributed by atoms with Gasteiger partial charge in [0.2, 0.25) is 0 Å². The van der Waals surface area contributed by atoms with Gasteiger partial charge in [-0.15, -0.1) is 0 Å². The van der Waals surface area contributed by atoms with E-state index in [2.05, 4.69) is 9.74 Å². The molecule has 0 saturated heterocycles. The van der Waals surface area contributed by atoms with Crippen LogP contribution in [0.1, 0.15) is 6.42 Å². The van der Waals surface area contributed by atoms with Crippen molar-refractivity contribution in [2.24, 2.45) is 9.74 Å². The average Bonchev–Trinajstić information content (AvgIpc) is 2.56. The SMILES string of the molecule is N#CCCN(N=NS(=O)(=O)c1ccccc1Cl)c1ccccc1. The summed E-state index contributed by atoms with van der Waals surface area (Å²) >= 11 is 5.89. The molecule has 0 aromatic heterocycles. The molecule has 0 fully saturated rings. The van der Waals surface area contributed by atoms with Gasteiger partial charge in [0.15, 0.2) is 0 Å². The molecule has 0 aliphatic rings. The van der Waals surface area contributed by atoms with Crippen LogP contribution in [-0.2, 0) is 10.0 Å². The molecule has 0 atom stereocenters. The summed E-state index contributed by atoms with van der Waals surface area (Å²) < 4.78 is 27.9. The minimum Gasteiger partial charge on any atom is -0.245 e. The molecular weight excluding hydrogens is 336 g/mol. The zero-order valence-electron chi connectivity index (χ0n) is 12.0. The first-order valence-electron chi connectivity index (χ1n) is 6.66. The lowest BCUT2D eigenvalue weighted by molar-refractivity contribution is 0.593. The Hall–Kier alpha value is -2.43. The predicted molar refractivity (Wildman–Crippen MR) is 87.5 cm³/mol. The van der Waals surface area contributed by atoms with Crippen LogP contribution in [-0.4, -0.2) is 15.0 Å². The van der Waals surface area contributed by atoms with Gasteiger partial charge in [0, 0.05) is 0 Å². The Labute approximate surface area is 139 Å². The fourth-order valence-electron chi connectivity index (χ4n) is 1.77. The fraction of sp³-hybridized carbons (Fsp3) is 0.133. The van der Waals surface area contributed by atoms with Crippen molar-refractivity contribution in [2.75, 3.05) is 11.6 Å². The molecule has 0 N–H and O–H groups in total. The maximum Gasteiger partial charge on any atom is 0.302 e. The lowest BCUT2D eigenvalue weighted by Crippen LogP contribution is -2.17. The summed E-state index contributed by atoms with van der Waals surface area (Å²) in [4.78, 5) is -0.112. The van der Waals surface area contributed by atoms with Gasteiger partial charge in [-0.3, -0.25) is 0 Å². The third-order valence-electron chi connectivity index (χ3n) is 2.86. The molecule has 0 radical (unpaired) electrons. The summed E-state index contributed by atoms with van der Waals surface area (Å²) in [6.07, 6.45) is 0.181. The lowest BCUT2D eigenvalue weighted by atomic mass is 10.3. The number of anilines is 1. The summed E-state index contributed by atoms with van der Waals surface area (Å²) in [5.41, 5.74) is 0.640. The maximum absolute atomic E-state index is 12.2. The van der Waals surface area contributed by atoms with Gasteiger partial charge in [0.25, 0.3) is 0 Å². The van der Waals surface area contributed by atoms with E-state index < -0.39 is 10.0 Å². The molecule has 8 heteroatoms. The minimum absolute atomic E-state index is 0.0785. The molecule has 23 heavy (non-hydrogen) atoms. The molecule has 0 saturated carbocycles. The summed E-state index contributed by atoms with van der Waals surface area (Å²) in [6.45, 7) is 0.224. The van der Waals surface area contributed by atoms with E-state index >= 15 is 0 Å². The first-order valence-corrected chi connectivity index (χ1v) is 8.48. The number of hydrogen-bond donors (Lipinski definition) is 0. The molecule has 0 amide bonds. The second-order valence-corrected chi connectivity index (χ2v) is 6.40. The van der Waals surface area contributed by atoms with Gasteiger partial charge in [-0.05, 0) is 28.8 Å². The van der Waals surface area contributed by atoms with E-state index in [1.807, 2.05) is 12.1 Å². The van der Waals surface area contributed by atoms with Crippen LogP contribution in [0.2, 0.25) is 5.02 Å². The topological polar surface area (TPSA) is 85.9 Å². The quantitative estimate of drug-likeness (QED) is 0.586. The third-order valence-corrected chi connectivity index (χ3v) is 4.50. The van der Waals surface area contributed by atoms with E-state index in [4.69, 9.17) is 16.9 Å². The Morgan fingerprint density at radius 1 is 1.09 bits per heavy atom. The Morgan fingerprint density at radius 2 is 1.74 bits per heavy atom. The highest BCUT2D eigenvalue weighted by molar-refractivity contribution is 7.90. The molecule has 0 spiro atoms. The first-order chi connectivity index (χ1) is 11.0. The van der Waals surface area contributed by atoms with Crippen LogP contribution in [0.15, 0.2) is 69.2 Å². The Balaban J connectivity index is 2.30. The average molecular weight is 349 g/mol. The largest absolute Gasteiger partial charge is 0.302 e. The molecule has 2 aromatic rings. The van der Waals surface area contributed by atoms with Crippen LogP contribution in [0, 0.1) is 11.3 Å². The maximum atomic E-state index is 12.2. The lowest BCUT2D eigenvalue weighted by Gasteiger charge is -2.15. The van der Waals surface area contributed by atoms with E-state index in [1.165, 1.54) is 17.1 Å². The summed E-state index contributed by atoms with van der Waals surface area (Å²) in [5, 5.41) is 13.9. The van der Waals surface area contributed by atoms with Crippen molar-refractivity contribution in [3.63, 3.8) is 0 Å². The number of halogens is 1. The van der Waals surface area contributed by atoms with Crippen molar-refractivity contribution < 1.29 is 8.42 Å². The molecule has 6 nitrogen and oxygen atoms in total. The highest BCUT2D eigenvalue weighted by atomic mass is 35.5. The summed E-state index contributed by atoms with van der Waals surface area (Å²) in [6, 6.07) is 16.9. The number of para-hydroxylation sites is 1. The van der Waals surface area contributed by atoms with Gasteiger partial charge in [0.05, 0.1) is 29.7 Å². The standard InChI is InChI=1S/C15H13ClN4O2S/c16-14-9-4-5-10-15(14)23(21,22)19-18-20(12-6-11-17)13-7-2-1-3-8-13/h1-5,7-10H,6,12H2. The molecule has 2 rings (SSSR count). The van der Waals surface area contributed by atoms with Crippen LogP contribution >= 0.6 is 11.6 Å². The number of nitriles is 1. The van der Waals surface area contributed by atoms with Crippen LogP contribution in [0.5, 0.6) is 0 Å². The number of benzene rings is 2. The minimum atomic E-state index is -4.02. The van der Waals surface area contributed by atoms with Gasteiger partial charge >= 0.3 is 10.0 Å². The van der Waals surface area contributed by atoms with Gasteiger partial charge in [-0.2, -0.15) is 13.7 Å². The van der Waals surface area contributed by atoms with E-state index in [-0.39, 0.29) is 22.9 Å². The molecule has 0 unspecified atom stereocenters. The molecule has 0 heterocycles. The van der Waals surface area contributed by atoms with Gasteiger partial charge in [-0.1, -0.05) is 47.2 Å². The van der Waals surface area contributed by atoms with Crippen molar-refractivity contribution in [1.82, 2.24) is 0 Å². The number of hydrogen-bond acceptors (Lipinski definition) is 4. The number of rotatable bonds is 6. The highest BCUT2D eigenvalue weighted by Crippen LogP contribution is 2.23. The molecule has 118 valence electrons. The van der Waals surface area contributed by atoms with E-state index in [9.17, 15) is 8.42 Å². The highest BCUT2D eigenvalue weighted by Gasteiger charge is 2.17. The van der Waals surface area contributed by atoms with Crippen molar-refractivity contribution in [1.29, 1.82) is 5.26 Å². The Morgan fingerprint density at radius 3 is 2.39 bits per heavy atom. The second kappa shape index (κ2) is 7.72. The van der Waals surface area contributed by atoms with E-state index in [0.717, 1.165) is 0 Å². The Kier molecular flexibility index (Phi) is 5.68. The van der Waals surface area contributed by atoms with Crippen LogP contribution < -0.4 is 5.01 Å². The molecule has 2 aromatic carbocycles. The Bertz CT molecular complexity index is 832. The van der Waals surface area contributed by atoms with Crippen molar-refractivity contribution in [3.05, 3.63) is 59.6 Å². The van der Waals surface area contributed by atoms with Crippen LogP contribution in [0.3, 0.4) is 0 Å². The second-order valence-electron chi connectivity index (χ2n) is 4.44. The van der Waals surface area contributed by atoms with Crippen molar-refractivity contribution in [3.8, 4) is 6.07 Å². The van der Waals surface area contributed by atoms with Crippen molar-refractivity contribution >= 4 is 27.3 Å².